The molecule has 5 rings (SSSR count). The van der Waals surface area contributed by atoms with E-state index in [1.54, 1.807) is 19.1 Å². The van der Waals surface area contributed by atoms with Gasteiger partial charge in [-0.25, -0.2) is 4.79 Å². The molecule has 0 spiro atoms. The van der Waals surface area contributed by atoms with Crippen molar-refractivity contribution in [3.8, 4) is 11.1 Å². The molecule has 174 valence electrons. The lowest BCUT2D eigenvalue weighted by molar-refractivity contribution is 0.0529. The smallest absolute Gasteiger partial charge is 0.341 e. The minimum absolute atomic E-state index is 0.0715. The van der Waals surface area contributed by atoms with E-state index < -0.39 is 11.9 Å². The number of carbonyl (C=O) groups excluding carboxylic acids is 2. The summed E-state index contributed by atoms with van der Waals surface area (Å²) >= 11 is 4.65. The molecule has 0 aliphatic rings. The van der Waals surface area contributed by atoms with Crippen LogP contribution in [0.5, 0.6) is 0 Å². The summed E-state index contributed by atoms with van der Waals surface area (Å²) in [5.74, 6) is -1.06. The highest BCUT2D eigenvalue weighted by molar-refractivity contribution is 9.10. The van der Waals surface area contributed by atoms with E-state index in [-0.39, 0.29) is 23.3 Å². The quantitative estimate of drug-likeness (QED) is 0.183. The average Bonchev–Trinajstić information content (AvgIpc) is 3.27. The summed E-state index contributed by atoms with van der Waals surface area (Å²) < 4.78 is 11.9. The van der Waals surface area contributed by atoms with Crippen LogP contribution in [0.4, 0.5) is 5.00 Å². The molecular weight excluding hydrogens is 528 g/mol. The number of halogens is 1. The number of hydrogen-bond acceptors (Lipinski definition) is 6. The molecule has 0 bridgehead atoms. The van der Waals surface area contributed by atoms with E-state index >= 15 is 0 Å². The first kappa shape index (κ1) is 23.0. The molecule has 0 aliphatic carbocycles. The van der Waals surface area contributed by atoms with E-state index in [4.69, 9.17) is 14.6 Å². The Kier molecular flexibility index (Phi) is 6.23. The Morgan fingerprint density at radius 1 is 1.06 bits per heavy atom. The molecule has 0 atom stereocenters. The molecule has 1 amide bonds. The van der Waals surface area contributed by atoms with Gasteiger partial charge in [0.25, 0.3) is 5.91 Å². The van der Waals surface area contributed by atoms with Gasteiger partial charge in [0.15, 0.2) is 0 Å². The summed E-state index contributed by atoms with van der Waals surface area (Å²) in [5, 5.41) is 15.9. The number of amides is 1. The Bertz CT molecular complexity index is 1650. The number of carbonyl (C=O) groups is 2. The zero-order valence-corrected chi connectivity index (χ0v) is 21.0. The molecule has 3 aromatic carbocycles. The van der Waals surface area contributed by atoms with Crippen LogP contribution < -0.4 is 10.9 Å². The zero-order valence-electron chi connectivity index (χ0n) is 18.6. The number of hydrogen-bond donors (Lipinski definition) is 2. The Hall–Kier alpha value is -3.75. The highest BCUT2D eigenvalue weighted by Crippen LogP contribution is 2.37. The number of nitrogens with one attached hydrogen (secondary N) is 2. The number of rotatable bonds is 5. The van der Waals surface area contributed by atoms with Crippen LogP contribution in [0.1, 0.15) is 27.6 Å². The number of esters is 1. The molecule has 0 unspecified atom stereocenters. The lowest BCUT2D eigenvalue weighted by Crippen LogP contribution is -2.21. The Labute approximate surface area is 212 Å². The normalized spacial score (nSPS) is 11.0. The largest absolute Gasteiger partial charge is 0.462 e. The monoisotopic (exact) mass is 546 g/mol. The number of ether oxygens (including phenoxy) is 1. The first-order chi connectivity index (χ1) is 17.0. The Balaban J connectivity index is 1.57. The van der Waals surface area contributed by atoms with Crippen LogP contribution in [-0.2, 0) is 4.74 Å². The highest BCUT2D eigenvalue weighted by Gasteiger charge is 2.24. The van der Waals surface area contributed by atoms with Gasteiger partial charge in [-0.3, -0.25) is 10.2 Å². The van der Waals surface area contributed by atoms with Gasteiger partial charge in [0.05, 0.1) is 6.61 Å². The van der Waals surface area contributed by atoms with Crippen LogP contribution >= 0.6 is 27.3 Å². The van der Waals surface area contributed by atoms with E-state index in [0.29, 0.717) is 16.1 Å². The molecule has 0 radical (unpaired) electrons. The lowest BCUT2D eigenvalue weighted by Gasteiger charge is -2.10. The molecule has 0 saturated carbocycles. The van der Waals surface area contributed by atoms with Crippen molar-refractivity contribution in [2.24, 2.45) is 0 Å². The Morgan fingerprint density at radius 3 is 2.60 bits per heavy atom. The van der Waals surface area contributed by atoms with Gasteiger partial charge < -0.3 is 14.5 Å². The minimum atomic E-state index is -0.539. The second-order valence-electron chi connectivity index (χ2n) is 7.72. The third-order valence-electron chi connectivity index (χ3n) is 5.57. The predicted octanol–water partition coefficient (Wildman–Crippen LogP) is 6.99. The van der Waals surface area contributed by atoms with Crippen LogP contribution in [0.25, 0.3) is 32.9 Å². The van der Waals surface area contributed by atoms with Gasteiger partial charge >= 0.3 is 5.97 Å². The predicted molar refractivity (Wildman–Crippen MR) is 141 cm³/mol. The van der Waals surface area contributed by atoms with Gasteiger partial charge in [-0.2, -0.15) is 0 Å². The number of anilines is 1. The van der Waals surface area contributed by atoms with Crippen molar-refractivity contribution in [1.82, 2.24) is 0 Å². The van der Waals surface area contributed by atoms with Crippen LogP contribution in [-0.4, -0.2) is 18.5 Å². The van der Waals surface area contributed by atoms with Crippen molar-refractivity contribution in [3.63, 3.8) is 0 Å². The molecule has 5 aromatic rings. The van der Waals surface area contributed by atoms with E-state index in [1.807, 2.05) is 60.0 Å². The summed E-state index contributed by atoms with van der Waals surface area (Å²) in [6.07, 6.45) is 0. The Morgan fingerprint density at radius 2 is 1.83 bits per heavy atom. The van der Waals surface area contributed by atoms with Gasteiger partial charge in [0.1, 0.15) is 21.7 Å². The minimum Gasteiger partial charge on any atom is -0.462 e. The first-order valence-electron chi connectivity index (χ1n) is 10.8. The second kappa shape index (κ2) is 9.48. The molecular formula is C27H19BrN2O4S. The summed E-state index contributed by atoms with van der Waals surface area (Å²) in [5.41, 5.74) is 2.10. The average molecular weight is 547 g/mol. The standard InChI is InChI=1S/C27H19BrN2O4S/c1-2-33-27(32)23-21(16-7-10-17(28)11-8-16)14-35-26(23)30-25(31)20-13-19-18-6-4-3-5-15(18)9-12-22(19)34-24(20)29/h3-14,29H,2H2,1H3,(H,30,31). The van der Waals surface area contributed by atoms with Gasteiger partial charge in [-0.05, 0) is 47.5 Å². The summed E-state index contributed by atoms with van der Waals surface area (Å²) in [6.45, 7) is 1.93. The van der Waals surface area contributed by atoms with E-state index in [2.05, 4.69) is 21.2 Å². The van der Waals surface area contributed by atoms with E-state index in [0.717, 1.165) is 26.2 Å². The summed E-state index contributed by atoms with van der Waals surface area (Å²) in [7, 11) is 0. The number of fused-ring (bicyclic) bond motifs is 3. The van der Waals surface area contributed by atoms with Gasteiger partial charge in [-0.15, -0.1) is 11.3 Å². The molecule has 0 fully saturated rings. The van der Waals surface area contributed by atoms with Crippen molar-refractivity contribution in [1.29, 1.82) is 5.41 Å². The van der Waals surface area contributed by atoms with Gasteiger partial charge in [0, 0.05) is 20.8 Å². The van der Waals surface area contributed by atoms with Gasteiger partial charge in [-0.1, -0.05) is 58.4 Å². The number of benzene rings is 3. The summed E-state index contributed by atoms with van der Waals surface area (Å²) in [6, 6.07) is 20.7. The molecule has 6 nitrogen and oxygen atoms in total. The fourth-order valence-corrected chi connectivity index (χ4v) is 5.14. The maximum absolute atomic E-state index is 13.3. The molecule has 2 N–H and O–H groups in total. The molecule has 2 aromatic heterocycles. The third kappa shape index (κ3) is 4.38. The fraction of sp³-hybridized carbons (Fsp3) is 0.0741. The molecule has 2 heterocycles. The molecule has 0 saturated heterocycles. The lowest BCUT2D eigenvalue weighted by atomic mass is 10.0. The maximum atomic E-state index is 13.3. The SMILES string of the molecule is CCOC(=O)c1c(-c2ccc(Br)cc2)csc1NC(=O)c1cc2c(ccc3ccccc32)oc1=N. The molecule has 35 heavy (non-hydrogen) atoms. The van der Waals surface area contributed by atoms with Crippen molar-refractivity contribution in [2.45, 2.75) is 6.92 Å². The van der Waals surface area contributed by atoms with E-state index in [9.17, 15) is 9.59 Å². The topological polar surface area (TPSA) is 92.4 Å². The number of thiophene rings is 1. The third-order valence-corrected chi connectivity index (χ3v) is 7.00. The van der Waals surface area contributed by atoms with Gasteiger partial charge in [0.2, 0.25) is 5.55 Å². The first-order valence-corrected chi connectivity index (χ1v) is 12.5. The van der Waals surface area contributed by atoms with Crippen molar-refractivity contribution >= 4 is 65.9 Å². The van der Waals surface area contributed by atoms with Crippen LogP contribution in [0.3, 0.4) is 0 Å². The van der Waals surface area contributed by atoms with E-state index in [1.165, 1.54) is 11.3 Å². The summed E-state index contributed by atoms with van der Waals surface area (Å²) in [4.78, 5) is 26.2. The van der Waals surface area contributed by atoms with Crippen molar-refractivity contribution < 1.29 is 18.7 Å². The molecule has 0 aliphatic heterocycles. The van der Waals surface area contributed by atoms with Crippen LogP contribution in [0, 0.1) is 5.41 Å². The second-order valence-corrected chi connectivity index (χ2v) is 9.52. The van der Waals surface area contributed by atoms with Crippen molar-refractivity contribution in [3.05, 3.63) is 93.3 Å². The van der Waals surface area contributed by atoms with Crippen LogP contribution in [0.15, 0.2) is 81.0 Å². The van der Waals surface area contributed by atoms with Crippen molar-refractivity contribution in [2.75, 3.05) is 11.9 Å². The maximum Gasteiger partial charge on any atom is 0.341 e. The highest BCUT2D eigenvalue weighted by atomic mass is 79.9. The zero-order chi connectivity index (χ0) is 24.5. The fourth-order valence-electron chi connectivity index (χ4n) is 3.93. The molecule has 8 heteroatoms. The van der Waals surface area contributed by atoms with Crippen LogP contribution in [0.2, 0.25) is 0 Å².